The molecule has 0 bridgehead atoms. The number of piperidine rings is 1. The molecule has 1 aliphatic rings. The van der Waals surface area contributed by atoms with Gasteiger partial charge in [0, 0.05) is 48.7 Å². The van der Waals surface area contributed by atoms with E-state index < -0.39 is 46.0 Å². The second-order valence-electron chi connectivity index (χ2n) is 10.1. The van der Waals surface area contributed by atoms with Crippen LogP contribution in [0.15, 0.2) is 54.9 Å². The molecule has 3 heterocycles. The maximum absolute atomic E-state index is 14.8. The molecule has 1 fully saturated rings. The fraction of sp³-hybridized carbons (Fsp3) is 0.321. The first kappa shape index (κ1) is 33.1. The highest BCUT2D eigenvalue weighted by molar-refractivity contribution is 7.92. The van der Waals surface area contributed by atoms with Gasteiger partial charge in [-0.15, -0.1) is 12.4 Å². The third-order valence-corrected chi connectivity index (χ3v) is 8.00. The molecule has 5 rings (SSSR count). The van der Waals surface area contributed by atoms with Crippen molar-refractivity contribution in [3.05, 3.63) is 66.2 Å². The van der Waals surface area contributed by atoms with Crippen LogP contribution in [-0.4, -0.2) is 60.6 Å². The molecular formula is C28H28ClF5N6O3S. The zero-order valence-corrected chi connectivity index (χ0v) is 24.8. The molecule has 16 heteroatoms. The van der Waals surface area contributed by atoms with Crippen molar-refractivity contribution in [3.63, 3.8) is 0 Å². The van der Waals surface area contributed by atoms with Crippen molar-refractivity contribution in [2.45, 2.75) is 38.2 Å². The summed E-state index contributed by atoms with van der Waals surface area (Å²) in [7, 11) is -4.53. The average molecular weight is 659 g/mol. The Morgan fingerprint density at radius 3 is 2.57 bits per heavy atom. The summed E-state index contributed by atoms with van der Waals surface area (Å²) in [5, 5.41) is 6.51. The lowest BCUT2D eigenvalue weighted by Gasteiger charge is -2.26. The van der Waals surface area contributed by atoms with Crippen LogP contribution in [0.4, 0.5) is 33.6 Å². The van der Waals surface area contributed by atoms with Crippen molar-refractivity contribution < 1.29 is 35.1 Å². The van der Waals surface area contributed by atoms with Gasteiger partial charge in [0.05, 0.1) is 29.1 Å². The molecule has 2 atom stereocenters. The highest BCUT2D eigenvalue weighted by Gasteiger charge is 2.30. The number of benzene rings is 2. The lowest BCUT2D eigenvalue weighted by molar-refractivity contribution is -0.129. The fourth-order valence-electron chi connectivity index (χ4n) is 4.68. The third kappa shape index (κ3) is 8.01. The second-order valence-corrected chi connectivity index (χ2v) is 11.9. The molecule has 0 radical (unpaired) electrons. The first-order chi connectivity index (χ1) is 20.4. The van der Waals surface area contributed by atoms with Crippen LogP contribution >= 0.6 is 12.4 Å². The summed E-state index contributed by atoms with van der Waals surface area (Å²) in [6, 6.07) is 10.2. The molecule has 0 spiro atoms. The molecule has 9 nitrogen and oxygen atoms in total. The van der Waals surface area contributed by atoms with E-state index in [0.717, 1.165) is 6.07 Å². The zero-order chi connectivity index (χ0) is 30.8. The van der Waals surface area contributed by atoms with E-state index >= 15 is 0 Å². The van der Waals surface area contributed by atoms with Crippen LogP contribution in [0.5, 0.6) is 11.6 Å². The maximum atomic E-state index is 14.8. The second kappa shape index (κ2) is 13.4. The molecule has 3 N–H and O–H groups in total. The summed E-state index contributed by atoms with van der Waals surface area (Å²) in [5.74, 6) is -1.59. The zero-order valence-electron chi connectivity index (χ0n) is 23.2. The summed E-state index contributed by atoms with van der Waals surface area (Å²) in [6.45, 7) is 2.56. The van der Waals surface area contributed by atoms with E-state index in [2.05, 4.69) is 25.6 Å². The van der Waals surface area contributed by atoms with Gasteiger partial charge in [0.25, 0.3) is 0 Å². The van der Waals surface area contributed by atoms with Gasteiger partial charge in [-0.3, -0.25) is 4.72 Å². The van der Waals surface area contributed by atoms with Gasteiger partial charge in [0.15, 0.2) is 0 Å². The molecule has 0 saturated carbocycles. The molecule has 236 valence electrons. The molecular weight excluding hydrogens is 631 g/mol. The topological polar surface area (TPSA) is 118 Å². The monoisotopic (exact) mass is 658 g/mol. The summed E-state index contributed by atoms with van der Waals surface area (Å²) in [4.78, 5) is 13.1. The van der Waals surface area contributed by atoms with Gasteiger partial charge >= 0.3 is 6.18 Å². The van der Waals surface area contributed by atoms with Crippen molar-refractivity contribution in [3.8, 4) is 22.9 Å². The SMILES string of the molecule is Cc1ccc2c(NS(=O)(=O)CCC(F)(F)F)c(F)ccc2c1Oc1ncccc1-c1ccnc(N[C@@H]2CNC[C@@H](F)C2)n1.Cl. The van der Waals surface area contributed by atoms with E-state index in [9.17, 15) is 30.4 Å². The van der Waals surface area contributed by atoms with E-state index in [-0.39, 0.29) is 41.4 Å². The van der Waals surface area contributed by atoms with E-state index in [1.54, 1.807) is 31.2 Å². The number of aryl methyl sites for hydroxylation is 1. The van der Waals surface area contributed by atoms with E-state index in [1.807, 2.05) is 4.72 Å². The number of hydrogen-bond donors (Lipinski definition) is 3. The highest BCUT2D eigenvalue weighted by atomic mass is 35.5. The van der Waals surface area contributed by atoms with Crippen molar-refractivity contribution in [2.24, 2.45) is 0 Å². The first-order valence-corrected chi connectivity index (χ1v) is 14.9. The van der Waals surface area contributed by atoms with Crippen LogP contribution in [0, 0.1) is 12.7 Å². The largest absolute Gasteiger partial charge is 0.437 e. The highest BCUT2D eigenvalue weighted by Crippen LogP contribution is 2.40. The lowest BCUT2D eigenvalue weighted by Crippen LogP contribution is -2.44. The Morgan fingerprint density at radius 2 is 1.82 bits per heavy atom. The molecule has 1 saturated heterocycles. The minimum absolute atomic E-state index is 0. The number of rotatable bonds is 9. The average Bonchev–Trinajstić information content (AvgIpc) is 2.95. The molecule has 0 aliphatic carbocycles. The number of anilines is 2. The Morgan fingerprint density at radius 1 is 1.05 bits per heavy atom. The number of alkyl halides is 4. The maximum Gasteiger partial charge on any atom is 0.390 e. The van der Waals surface area contributed by atoms with Crippen LogP contribution < -0.4 is 20.1 Å². The summed E-state index contributed by atoms with van der Waals surface area (Å²) >= 11 is 0. The number of pyridine rings is 1. The van der Waals surface area contributed by atoms with Gasteiger partial charge in [0.2, 0.25) is 21.9 Å². The molecule has 44 heavy (non-hydrogen) atoms. The number of fused-ring (bicyclic) bond motifs is 1. The molecule has 0 amide bonds. The minimum atomic E-state index is -4.70. The first-order valence-electron chi connectivity index (χ1n) is 13.3. The Kier molecular flexibility index (Phi) is 10.1. The Hall–Kier alpha value is -3.82. The number of nitrogens with zero attached hydrogens (tertiary/aromatic N) is 3. The standard InChI is InChI=1S/C28H27F5N6O3S.ClH/c1-16-4-5-19-20(6-7-22(30)24(19)39-43(40,41)12-9-28(31,32)33)25(16)42-26-21(3-2-10-35-26)23-8-11-36-27(38-23)37-18-13-17(29)14-34-15-18;/h2-8,10-11,17-18,34,39H,9,12-15H2,1H3,(H,36,37,38);1H/t17-,18-;/m0./s1. The van der Waals surface area contributed by atoms with Gasteiger partial charge in [-0.05, 0) is 42.8 Å². The van der Waals surface area contributed by atoms with Crippen LogP contribution in [-0.2, 0) is 10.0 Å². The molecule has 0 unspecified atom stereocenters. The van der Waals surface area contributed by atoms with Crippen molar-refractivity contribution >= 4 is 44.8 Å². The Labute approximate surface area is 256 Å². The number of aromatic nitrogens is 3. The summed E-state index contributed by atoms with van der Waals surface area (Å²) in [6.07, 6.45) is -3.93. The van der Waals surface area contributed by atoms with Crippen molar-refractivity contribution in [1.82, 2.24) is 20.3 Å². The minimum Gasteiger partial charge on any atom is -0.437 e. The number of halogens is 6. The third-order valence-electron chi connectivity index (χ3n) is 6.74. The van der Waals surface area contributed by atoms with Crippen LogP contribution in [0.1, 0.15) is 18.4 Å². The predicted octanol–water partition coefficient (Wildman–Crippen LogP) is 6.16. The molecule has 2 aromatic carbocycles. The van der Waals surface area contributed by atoms with E-state index in [4.69, 9.17) is 4.74 Å². The van der Waals surface area contributed by atoms with E-state index in [0.29, 0.717) is 41.7 Å². The van der Waals surface area contributed by atoms with Gasteiger partial charge in [-0.2, -0.15) is 13.2 Å². The number of hydrogen-bond acceptors (Lipinski definition) is 8. The smallest absolute Gasteiger partial charge is 0.390 e. The number of ether oxygens (including phenoxy) is 1. The summed E-state index contributed by atoms with van der Waals surface area (Å²) in [5.41, 5.74) is 1.02. The molecule has 1 aliphatic heterocycles. The van der Waals surface area contributed by atoms with Crippen LogP contribution in [0.2, 0.25) is 0 Å². The fourth-order valence-corrected chi connectivity index (χ4v) is 5.80. The number of nitrogens with one attached hydrogen (secondary N) is 3. The normalized spacial score (nSPS) is 17.1. The van der Waals surface area contributed by atoms with Crippen LogP contribution in [0.25, 0.3) is 22.0 Å². The van der Waals surface area contributed by atoms with Crippen LogP contribution in [0.3, 0.4) is 0 Å². The number of sulfonamides is 1. The lowest BCUT2D eigenvalue weighted by atomic mass is 10.0. The molecule has 2 aromatic heterocycles. The van der Waals surface area contributed by atoms with Gasteiger partial charge in [-0.25, -0.2) is 32.2 Å². The van der Waals surface area contributed by atoms with E-state index in [1.165, 1.54) is 24.5 Å². The van der Waals surface area contributed by atoms with Crippen molar-refractivity contribution in [1.29, 1.82) is 0 Å². The Bertz CT molecular complexity index is 1750. The van der Waals surface area contributed by atoms with Gasteiger partial charge in [0.1, 0.15) is 17.7 Å². The quantitative estimate of drug-likeness (QED) is 0.183. The Balaban J connectivity index is 0.00000442. The van der Waals surface area contributed by atoms with Crippen molar-refractivity contribution in [2.75, 3.05) is 28.9 Å². The molecule has 4 aromatic rings. The van der Waals surface area contributed by atoms with Gasteiger partial charge < -0.3 is 15.4 Å². The summed E-state index contributed by atoms with van der Waals surface area (Å²) < 4.78 is 99.6. The van der Waals surface area contributed by atoms with Gasteiger partial charge in [-0.1, -0.05) is 12.1 Å². The predicted molar refractivity (Wildman–Crippen MR) is 159 cm³/mol.